The second-order valence-electron chi connectivity index (χ2n) is 6.77. The van der Waals surface area contributed by atoms with Crippen LogP contribution in [0.4, 0.5) is 4.79 Å². The van der Waals surface area contributed by atoms with Crippen LogP contribution in [-0.4, -0.2) is 53.0 Å². The fraction of sp³-hybridized carbons (Fsp3) is 0.647. The van der Waals surface area contributed by atoms with Crippen molar-refractivity contribution >= 4 is 6.09 Å². The monoisotopic (exact) mass is 322 g/mol. The van der Waals surface area contributed by atoms with Crippen LogP contribution in [0.2, 0.25) is 0 Å². The van der Waals surface area contributed by atoms with Crippen LogP contribution in [0.5, 0.6) is 5.75 Å². The van der Waals surface area contributed by atoms with E-state index in [1.807, 2.05) is 26.8 Å². The summed E-state index contributed by atoms with van der Waals surface area (Å²) in [6.07, 6.45) is 4.78. The van der Waals surface area contributed by atoms with Gasteiger partial charge in [-0.15, -0.1) is 0 Å². The number of hydrogen-bond donors (Lipinski definition) is 1. The number of ether oxygens (including phenoxy) is 2. The molecule has 6 nitrogen and oxygen atoms in total. The predicted octanol–water partition coefficient (Wildman–Crippen LogP) is 2.57. The minimum Gasteiger partial charge on any atom is -0.493 e. The average molecular weight is 322 g/mol. The van der Waals surface area contributed by atoms with Crippen LogP contribution < -0.4 is 4.74 Å². The highest BCUT2D eigenvalue weighted by Crippen LogP contribution is 2.33. The Morgan fingerprint density at radius 2 is 2.13 bits per heavy atom. The van der Waals surface area contributed by atoms with Crippen LogP contribution >= 0.6 is 0 Å². The van der Waals surface area contributed by atoms with Crippen molar-refractivity contribution in [2.45, 2.75) is 45.1 Å². The largest absolute Gasteiger partial charge is 0.493 e. The fourth-order valence-electron chi connectivity index (χ4n) is 2.38. The molecule has 1 aromatic rings. The molecule has 0 radical (unpaired) electrons. The minimum absolute atomic E-state index is 0.181. The molecule has 1 saturated heterocycles. The van der Waals surface area contributed by atoms with Crippen molar-refractivity contribution in [2.24, 2.45) is 0 Å². The first kappa shape index (κ1) is 17.5. The van der Waals surface area contributed by atoms with Crippen molar-refractivity contribution in [3.05, 3.63) is 24.0 Å². The van der Waals surface area contributed by atoms with Crippen molar-refractivity contribution in [3.8, 4) is 5.75 Å². The molecule has 0 aromatic carbocycles. The third kappa shape index (κ3) is 5.10. The summed E-state index contributed by atoms with van der Waals surface area (Å²) in [5, 5.41) is 8.80. The zero-order valence-electron chi connectivity index (χ0n) is 14.1. The molecular formula is C17H26N2O4. The Kier molecular flexibility index (Phi) is 5.82. The summed E-state index contributed by atoms with van der Waals surface area (Å²) in [6, 6.07) is 1.85. The Balaban J connectivity index is 1.88. The Morgan fingerprint density at radius 3 is 2.78 bits per heavy atom. The van der Waals surface area contributed by atoms with Crippen LogP contribution in [-0.2, 0) is 4.74 Å². The molecule has 1 amide bonds. The molecule has 1 aliphatic rings. The number of nitrogens with zero attached hydrogens (tertiary/aromatic N) is 2. The van der Waals surface area contributed by atoms with Gasteiger partial charge in [0.05, 0.1) is 6.61 Å². The SMILES string of the molecule is CC(C)(C)OC(=O)N1CC(c2cnccc2OCCCCO)C1. The molecular weight excluding hydrogens is 296 g/mol. The highest BCUT2D eigenvalue weighted by molar-refractivity contribution is 5.69. The third-order valence-electron chi connectivity index (χ3n) is 3.59. The van der Waals surface area contributed by atoms with E-state index in [1.165, 1.54) is 0 Å². The van der Waals surface area contributed by atoms with Gasteiger partial charge in [-0.25, -0.2) is 4.79 Å². The topological polar surface area (TPSA) is 71.9 Å². The van der Waals surface area contributed by atoms with E-state index in [9.17, 15) is 4.79 Å². The zero-order chi connectivity index (χ0) is 16.9. The van der Waals surface area contributed by atoms with Gasteiger partial charge in [0.15, 0.2) is 0 Å². The molecule has 1 fully saturated rings. The van der Waals surface area contributed by atoms with Gasteiger partial charge in [-0.2, -0.15) is 0 Å². The number of amides is 1. The quantitative estimate of drug-likeness (QED) is 0.815. The molecule has 0 saturated carbocycles. The number of rotatable bonds is 6. The van der Waals surface area contributed by atoms with E-state index >= 15 is 0 Å². The van der Waals surface area contributed by atoms with Crippen LogP contribution in [0, 0.1) is 0 Å². The number of aliphatic hydroxyl groups is 1. The van der Waals surface area contributed by atoms with Crippen LogP contribution in [0.1, 0.15) is 45.1 Å². The first-order valence-electron chi connectivity index (χ1n) is 8.06. The van der Waals surface area contributed by atoms with Gasteiger partial charge in [0, 0.05) is 43.6 Å². The average Bonchev–Trinajstić information content (AvgIpc) is 2.41. The van der Waals surface area contributed by atoms with Crippen molar-refractivity contribution in [1.29, 1.82) is 0 Å². The van der Waals surface area contributed by atoms with E-state index in [4.69, 9.17) is 14.6 Å². The standard InChI is InChI=1S/C17H26N2O4/c1-17(2,3)23-16(21)19-11-13(12-19)14-10-18-7-6-15(14)22-9-5-4-8-20/h6-7,10,13,20H,4-5,8-9,11-12H2,1-3H3. The minimum atomic E-state index is -0.475. The van der Waals surface area contributed by atoms with Gasteiger partial charge >= 0.3 is 6.09 Å². The molecule has 0 aliphatic carbocycles. The lowest BCUT2D eigenvalue weighted by molar-refractivity contribution is 0.00792. The van der Waals surface area contributed by atoms with Gasteiger partial charge in [-0.3, -0.25) is 4.98 Å². The molecule has 0 atom stereocenters. The van der Waals surface area contributed by atoms with E-state index in [0.717, 1.165) is 24.2 Å². The number of likely N-dealkylation sites (tertiary alicyclic amines) is 1. The van der Waals surface area contributed by atoms with Crippen LogP contribution in [0.25, 0.3) is 0 Å². The fourth-order valence-corrected chi connectivity index (χ4v) is 2.38. The second-order valence-corrected chi connectivity index (χ2v) is 6.77. The van der Waals surface area contributed by atoms with Gasteiger partial charge in [-0.05, 0) is 39.7 Å². The maximum Gasteiger partial charge on any atom is 0.410 e. The molecule has 23 heavy (non-hydrogen) atoms. The maximum absolute atomic E-state index is 12.0. The Hall–Kier alpha value is -1.82. The lowest BCUT2D eigenvalue weighted by Crippen LogP contribution is -2.50. The molecule has 1 aromatic heterocycles. The van der Waals surface area contributed by atoms with E-state index < -0.39 is 5.60 Å². The van der Waals surface area contributed by atoms with E-state index in [2.05, 4.69) is 4.98 Å². The summed E-state index contributed by atoms with van der Waals surface area (Å²) >= 11 is 0. The van der Waals surface area contributed by atoms with Gasteiger partial charge in [0.1, 0.15) is 11.4 Å². The van der Waals surface area contributed by atoms with Gasteiger partial charge < -0.3 is 19.5 Å². The first-order chi connectivity index (χ1) is 10.9. The predicted molar refractivity (Wildman–Crippen MR) is 86.6 cm³/mol. The van der Waals surface area contributed by atoms with Crippen LogP contribution in [0.3, 0.4) is 0 Å². The lowest BCUT2D eigenvalue weighted by Gasteiger charge is -2.40. The first-order valence-corrected chi connectivity index (χ1v) is 8.06. The summed E-state index contributed by atoms with van der Waals surface area (Å²) in [7, 11) is 0. The molecule has 2 rings (SSSR count). The Labute approximate surface area is 137 Å². The van der Waals surface area contributed by atoms with Crippen LogP contribution in [0.15, 0.2) is 18.5 Å². The second kappa shape index (κ2) is 7.64. The Morgan fingerprint density at radius 1 is 1.39 bits per heavy atom. The third-order valence-corrected chi connectivity index (χ3v) is 3.59. The molecule has 2 heterocycles. The van der Waals surface area contributed by atoms with E-state index in [-0.39, 0.29) is 18.6 Å². The molecule has 1 aliphatic heterocycles. The van der Waals surface area contributed by atoms with Gasteiger partial charge in [0.25, 0.3) is 0 Å². The zero-order valence-corrected chi connectivity index (χ0v) is 14.1. The van der Waals surface area contributed by atoms with Crippen molar-refractivity contribution < 1.29 is 19.4 Å². The Bertz CT molecular complexity index is 522. The number of aromatic nitrogens is 1. The highest BCUT2D eigenvalue weighted by Gasteiger charge is 2.36. The smallest absolute Gasteiger partial charge is 0.410 e. The van der Waals surface area contributed by atoms with Crippen molar-refractivity contribution in [2.75, 3.05) is 26.3 Å². The molecule has 0 bridgehead atoms. The molecule has 0 unspecified atom stereocenters. The van der Waals surface area contributed by atoms with Crippen molar-refractivity contribution in [3.63, 3.8) is 0 Å². The van der Waals surface area contributed by atoms with E-state index in [0.29, 0.717) is 19.7 Å². The van der Waals surface area contributed by atoms with E-state index in [1.54, 1.807) is 17.3 Å². The van der Waals surface area contributed by atoms with Gasteiger partial charge in [-0.1, -0.05) is 0 Å². The number of pyridine rings is 1. The molecule has 6 heteroatoms. The molecule has 0 spiro atoms. The summed E-state index contributed by atoms with van der Waals surface area (Å²) in [4.78, 5) is 17.8. The number of carbonyl (C=O) groups excluding carboxylic acids is 1. The number of aliphatic hydroxyl groups excluding tert-OH is 1. The summed E-state index contributed by atoms with van der Waals surface area (Å²) in [5.74, 6) is 1.04. The number of carbonyl (C=O) groups is 1. The lowest BCUT2D eigenvalue weighted by atomic mass is 9.92. The highest BCUT2D eigenvalue weighted by atomic mass is 16.6. The maximum atomic E-state index is 12.0. The van der Waals surface area contributed by atoms with Gasteiger partial charge in [0.2, 0.25) is 0 Å². The summed E-state index contributed by atoms with van der Waals surface area (Å²) in [5.41, 5.74) is 0.550. The molecule has 128 valence electrons. The normalized spacial score (nSPS) is 15.2. The summed E-state index contributed by atoms with van der Waals surface area (Å²) in [6.45, 7) is 7.58. The van der Waals surface area contributed by atoms with Crippen molar-refractivity contribution in [1.82, 2.24) is 9.88 Å². The summed E-state index contributed by atoms with van der Waals surface area (Å²) < 4.78 is 11.2. The molecule has 1 N–H and O–H groups in total. The number of unbranched alkanes of at least 4 members (excludes halogenated alkanes) is 1. The number of hydrogen-bond acceptors (Lipinski definition) is 5.